The van der Waals surface area contributed by atoms with Gasteiger partial charge in [-0.25, -0.2) is 0 Å². The van der Waals surface area contributed by atoms with Gasteiger partial charge in [0.2, 0.25) is 0 Å². The first-order valence-electron chi connectivity index (χ1n) is 9.84. The van der Waals surface area contributed by atoms with Crippen molar-refractivity contribution in [1.82, 2.24) is 15.3 Å². The van der Waals surface area contributed by atoms with E-state index >= 15 is 0 Å². The third-order valence-corrected chi connectivity index (χ3v) is 5.95. The molecule has 0 saturated carbocycles. The molecule has 0 radical (unpaired) electrons. The number of benzene rings is 2. The highest BCUT2D eigenvalue weighted by molar-refractivity contribution is 5.94. The third kappa shape index (κ3) is 2.85. The molecule has 144 valence electrons. The van der Waals surface area contributed by atoms with E-state index < -0.39 is 0 Å². The SMILES string of the molecule is COc1nc(N2CC3CCC(C2)N3)c2ccc(-c3c(C)cccc3N)cc2n1. The summed E-state index contributed by atoms with van der Waals surface area (Å²) < 4.78 is 5.43. The maximum atomic E-state index is 6.27. The molecule has 6 nitrogen and oxygen atoms in total. The maximum Gasteiger partial charge on any atom is 0.318 e. The van der Waals surface area contributed by atoms with Gasteiger partial charge in [-0.2, -0.15) is 9.97 Å². The predicted molar refractivity (Wildman–Crippen MR) is 113 cm³/mol. The second-order valence-corrected chi connectivity index (χ2v) is 7.85. The summed E-state index contributed by atoms with van der Waals surface area (Å²) in [6.45, 7) is 4.02. The molecule has 1 aromatic heterocycles. The Morgan fingerprint density at radius 2 is 1.89 bits per heavy atom. The molecule has 5 rings (SSSR count). The topological polar surface area (TPSA) is 76.3 Å². The first-order chi connectivity index (χ1) is 13.6. The van der Waals surface area contributed by atoms with E-state index in [0.717, 1.165) is 52.2 Å². The third-order valence-electron chi connectivity index (χ3n) is 5.95. The number of nitrogens with zero attached hydrogens (tertiary/aromatic N) is 3. The second kappa shape index (κ2) is 6.63. The van der Waals surface area contributed by atoms with Crippen LogP contribution in [0.5, 0.6) is 6.01 Å². The lowest BCUT2D eigenvalue weighted by Crippen LogP contribution is -2.51. The van der Waals surface area contributed by atoms with Crippen molar-refractivity contribution in [3.63, 3.8) is 0 Å². The molecule has 0 amide bonds. The minimum absolute atomic E-state index is 0.406. The summed E-state index contributed by atoms with van der Waals surface area (Å²) in [6.07, 6.45) is 2.47. The number of aromatic nitrogens is 2. The van der Waals surface area contributed by atoms with E-state index in [1.807, 2.05) is 12.1 Å². The molecule has 6 heteroatoms. The summed E-state index contributed by atoms with van der Waals surface area (Å²) in [7, 11) is 1.62. The van der Waals surface area contributed by atoms with Gasteiger partial charge < -0.3 is 20.7 Å². The highest BCUT2D eigenvalue weighted by atomic mass is 16.5. The molecule has 3 aromatic rings. The number of ether oxygens (including phenoxy) is 1. The molecule has 2 aliphatic heterocycles. The number of nitrogens with one attached hydrogen (secondary N) is 1. The van der Waals surface area contributed by atoms with E-state index in [1.165, 1.54) is 12.8 Å². The zero-order valence-electron chi connectivity index (χ0n) is 16.3. The van der Waals surface area contributed by atoms with Crippen LogP contribution in [0.2, 0.25) is 0 Å². The summed E-state index contributed by atoms with van der Waals surface area (Å²) in [4.78, 5) is 11.7. The van der Waals surface area contributed by atoms with Crippen LogP contribution in [0.4, 0.5) is 11.5 Å². The lowest BCUT2D eigenvalue weighted by molar-refractivity contribution is 0.380. The number of fused-ring (bicyclic) bond motifs is 3. The molecule has 2 atom stereocenters. The Bertz CT molecular complexity index is 1020. The Balaban J connectivity index is 1.64. The maximum absolute atomic E-state index is 6.27. The first-order valence-corrected chi connectivity index (χ1v) is 9.84. The molecule has 3 heterocycles. The Morgan fingerprint density at radius 1 is 1.11 bits per heavy atom. The first kappa shape index (κ1) is 17.3. The standard InChI is InChI=1S/C22H25N5O/c1-13-4-3-5-18(23)20(13)14-6-9-17-19(10-14)25-22(28-2)26-21(17)27-11-15-7-8-16(12-27)24-15/h3-6,9-10,15-16,24H,7-8,11-12,23H2,1-2H3. The molecule has 0 spiro atoms. The van der Waals surface area contributed by atoms with Crippen LogP contribution in [0.15, 0.2) is 36.4 Å². The fourth-order valence-electron chi connectivity index (χ4n) is 4.63. The van der Waals surface area contributed by atoms with Gasteiger partial charge in [-0.05, 0) is 49.1 Å². The number of nitrogen functional groups attached to an aromatic ring is 1. The van der Waals surface area contributed by atoms with E-state index in [2.05, 4.69) is 46.4 Å². The Morgan fingerprint density at radius 3 is 2.61 bits per heavy atom. The van der Waals surface area contributed by atoms with Gasteiger partial charge in [0, 0.05) is 41.8 Å². The molecule has 28 heavy (non-hydrogen) atoms. The number of anilines is 2. The molecule has 0 aliphatic carbocycles. The zero-order valence-corrected chi connectivity index (χ0v) is 16.3. The summed E-state index contributed by atoms with van der Waals surface area (Å²) in [5, 5.41) is 4.73. The number of piperazine rings is 1. The van der Waals surface area contributed by atoms with Crippen molar-refractivity contribution >= 4 is 22.4 Å². The zero-order chi connectivity index (χ0) is 19.3. The smallest absolute Gasteiger partial charge is 0.318 e. The lowest BCUT2D eigenvalue weighted by atomic mass is 9.97. The van der Waals surface area contributed by atoms with Gasteiger partial charge in [-0.15, -0.1) is 0 Å². The van der Waals surface area contributed by atoms with Crippen molar-refractivity contribution < 1.29 is 4.74 Å². The van der Waals surface area contributed by atoms with E-state index in [1.54, 1.807) is 7.11 Å². The van der Waals surface area contributed by atoms with Crippen LogP contribution in [0.25, 0.3) is 22.0 Å². The number of aryl methyl sites for hydroxylation is 1. The van der Waals surface area contributed by atoms with Gasteiger partial charge in [0.25, 0.3) is 0 Å². The average molecular weight is 375 g/mol. The summed E-state index contributed by atoms with van der Waals surface area (Å²) in [5.41, 5.74) is 11.2. The van der Waals surface area contributed by atoms with Crippen molar-refractivity contribution in [2.24, 2.45) is 0 Å². The summed E-state index contributed by atoms with van der Waals surface area (Å²) >= 11 is 0. The normalized spacial score (nSPS) is 21.3. The minimum Gasteiger partial charge on any atom is -0.467 e. The van der Waals surface area contributed by atoms with Gasteiger partial charge in [-0.3, -0.25) is 0 Å². The largest absolute Gasteiger partial charge is 0.467 e. The van der Waals surface area contributed by atoms with Gasteiger partial charge >= 0.3 is 6.01 Å². The van der Waals surface area contributed by atoms with Gasteiger partial charge in [0.05, 0.1) is 12.6 Å². The van der Waals surface area contributed by atoms with Gasteiger partial charge in [0.15, 0.2) is 0 Å². The fraction of sp³-hybridized carbons (Fsp3) is 0.364. The monoisotopic (exact) mass is 375 g/mol. The molecule has 2 bridgehead atoms. The molecule has 2 fully saturated rings. The molecular formula is C22H25N5O. The van der Waals surface area contributed by atoms with E-state index in [4.69, 9.17) is 15.5 Å². The quantitative estimate of drug-likeness (QED) is 0.685. The number of nitrogens with two attached hydrogens (primary N) is 1. The van der Waals surface area contributed by atoms with Crippen molar-refractivity contribution in [2.75, 3.05) is 30.8 Å². The highest BCUT2D eigenvalue weighted by Gasteiger charge is 2.33. The minimum atomic E-state index is 0.406. The molecule has 2 aromatic carbocycles. The molecule has 2 unspecified atom stereocenters. The lowest BCUT2D eigenvalue weighted by Gasteiger charge is -2.34. The van der Waals surface area contributed by atoms with Crippen molar-refractivity contribution in [3.8, 4) is 17.1 Å². The van der Waals surface area contributed by atoms with E-state index in [9.17, 15) is 0 Å². The summed E-state index contributed by atoms with van der Waals surface area (Å²) in [6, 6.07) is 13.8. The van der Waals surface area contributed by atoms with Crippen LogP contribution in [0, 0.1) is 6.92 Å². The summed E-state index contributed by atoms with van der Waals surface area (Å²) in [5.74, 6) is 0.963. The van der Waals surface area contributed by atoms with Crippen LogP contribution in [-0.4, -0.2) is 42.3 Å². The van der Waals surface area contributed by atoms with E-state index in [-0.39, 0.29) is 0 Å². The number of rotatable bonds is 3. The second-order valence-electron chi connectivity index (χ2n) is 7.85. The van der Waals surface area contributed by atoms with Crippen LogP contribution in [0.3, 0.4) is 0 Å². The predicted octanol–water partition coefficient (Wildman–Crippen LogP) is 3.14. The van der Waals surface area contributed by atoms with E-state index in [0.29, 0.717) is 18.1 Å². The Kier molecular flexibility index (Phi) is 4.09. The van der Waals surface area contributed by atoms with Crippen molar-refractivity contribution in [1.29, 1.82) is 0 Å². The number of methoxy groups -OCH3 is 1. The van der Waals surface area contributed by atoms with Crippen LogP contribution >= 0.6 is 0 Å². The van der Waals surface area contributed by atoms with Gasteiger partial charge in [0.1, 0.15) is 5.82 Å². The van der Waals surface area contributed by atoms with Crippen LogP contribution in [-0.2, 0) is 0 Å². The highest BCUT2D eigenvalue weighted by Crippen LogP contribution is 2.35. The Labute approximate surface area is 164 Å². The van der Waals surface area contributed by atoms with Gasteiger partial charge in [-0.1, -0.05) is 18.2 Å². The van der Waals surface area contributed by atoms with Crippen molar-refractivity contribution in [3.05, 3.63) is 42.0 Å². The molecule has 2 aliphatic rings. The molecular weight excluding hydrogens is 350 g/mol. The molecule has 2 saturated heterocycles. The fourth-order valence-corrected chi connectivity index (χ4v) is 4.63. The van der Waals surface area contributed by atoms with Crippen LogP contribution in [0.1, 0.15) is 18.4 Å². The average Bonchev–Trinajstić information content (AvgIpc) is 3.04. The number of hydrogen-bond donors (Lipinski definition) is 2. The van der Waals surface area contributed by atoms with Crippen LogP contribution < -0.4 is 20.7 Å². The Hall–Kier alpha value is -2.86. The number of hydrogen-bond acceptors (Lipinski definition) is 6. The molecule has 3 N–H and O–H groups in total. The van der Waals surface area contributed by atoms with Crippen molar-refractivity contribution in [2.45, 2.75) is 31.8 Å².